The van der Waals surface area contributed by atoms with Crippen LogP contribution in [-0.2, 0) is 13.1 Å². The van der Waals surface area contributed by atoms with Crippen molar-refractivity contribution in [3.05, 3.63) is 51.9 Å². The predicted molar refractivity (Wildman–Crippen MR) is 87.3 cm³/mol. The summed E-state index contributed by atoms with van der Waals surface area (Å²) < 4.78 is 28.9. The molecule has 24 heavy (non-hydrogen) atoms. The maximum absolute atomic E-state index is 13.9. The van der Waals surface area contributed by atoms with Crippen LogP contribution >= 0.6 is 0 Å². The van der Waals surface area contributed by atoms with E-state index in [0.29, 0.717) is 18.4 Å². The molecule has 3 heterocycles. The van der Waals surface area contributed by atoms with Crippen LogP contribution in [-0.4, -0.2) is 29.2 Å². The third kappa shape index (κ3) is 2.35. The number of aromatic nitrogens is 2. The molecular weight excluding hydrogens is 314 g/mol. The van der Waals surface area contributed by atoms with Gasteiger partial charge in [0.2, 0.25) is 0 Å². The fourth-order valence-corrected chi connectivity index (χ4v) is 3.63. The van der Waals surface area contributed by atoms with E-state index in [1.807, 2.05) is 6.07 Å². The normalized spacial score (nSPS) is 18.6. The summed E-state index contributed by atoms with van der Waals surface area (Å²) in [5.74, 6) is -0.383. The molecule has 0 radical (unpaired) electrons. The quantitative estimate of drug-likeness (QED) is 0.864. The molecule has 0 bridgehead atoms. The zero-order chi connectivity index (χ0) is 16.8. The molecule has 1 aromatic carbocycles. The van der Waals surface area contributed by atoms with Crippen molar-refractivity contribution < 1.29 is 8.78 Å². The Morgan fingerprint density at radius 1 is 1.38 bits per heavy atom. The van der Waals surface area contributed by atoms with Crippen molar-refractivity contribution >= 4 is 11.6 Å². The summed E-state index contributed by atoms with van der Waals surface area (Å²) >= 11 is 0. The van der Waals surface area contributed by atoms with E-state index in [0.717, 1.165) is 31.3 Å². The second-order valence-electron chi connectivity index (χ2n) is 6.42. The maximum Gasteiger partial charge on any atom is 0.351 e. The number of anilines is 2. The van der Waals surface area contributed by atoms with Crippen LogP contribution < -0.4 is 15.5 Å². The van der Waals surface area contributed by atoms with E-state index in [2.05, 4.69) is 9.88 Å². The topological polar surface area (TPSA) is 41.4 Å². The van der Waals surface area contributed by atoms with Crippen molar-refractivity contribution in [2.45, 2.75) is 32.0 Å². The molecule has 0 unspecified atom stereocenters. The van der Waals surface area contributed by atoms with Crippen LogP contribution in [0.5, 0.6) is 0 Å². The lowest BCUT2D eigenvalue weighted by atomic mass is 10.2. The molecule has 0 N–H and O–H groups in total. The fourth-order valence-electron chi connectivity index (χ4n) is 3.63. The zero-order valence-electron chi connectivity index (χ0n) is 13.4. The summed E-state index contributed by atoms with van der Waals surface area (Å²) in [7, 11) is 1.72. The molecule has 2 aliphatic heterocycles. The van der Waals surface area contributed by atoms with E-state index in [1.165, 1.54) is 12.1 Å². The molecule has 0 saturated carbocycles. The minimum Gasteiger partial charge on any atom is -0.355 e. The highest BCUT2D eigenvalue weighted by Crippen LogP contribution is 2.33. The number of halogens is 2. The Morgan fingerprint density at radius 2 is 2.21 bits per heavy atom. The van der Waals surface area contributed by atoms with Gasteiger partial charge < -0.3 is 9.80 Å². The Bertz CT molecular complexity index is 851. The molecule has 126 valence electrons. The SMILES string of the molecule is CN(Cc1cccc(F)c1F)c1cc2n(c(=O)n1)C[C@@H]1CCCN21. The van der Waals surface area contributed by atoms with E-state index < -0.39 is 11.6 Å². The van der Waals surface area contributed by atoms with Gasteiger partial charge in [-0.1, -0.05) is 12.1 Å². The Balaban J connectivity index is 1.65. The molecule has 4 rings (SSSR count). The summed E-state index contributed by atoms with van der Waals surface area (Å²) in [6.45, 7) is 1.77. The molecule has 1 atom stereocenters. The van der Waals surface area contributed by atoms with Gasteiger partial charge in [-0.3, -0.25) is 4.57 Å². The van der Waals surface area contributed by atoms with Crippen molar-refractivity contribution in [1.29, 1.82) is 0 Å². The Morgan fingerprint density at radius 3 is 3.04 bits per heavy atom. The van der Waals surface area contributed by atoms with Gasteiger partial charge in [-0.2, -0.15) is 4.98 Å². The van der Waals surface area contributed by atoms with Crippen molar-refractivity contribution in [3.8, 4) is 0 Å². The monoisotopic (exact) mass is 332 g/mol. The molecular formula is C17H18F2N4O. The lowest BCUT2D eigenvalue weighted by molar-refractivity contribution is 0.498. The number of hydrogen-bond acceptors (Lipinski definition) is 4. The van der Waals surface area contributed by atoms with Gasteiger partial charge in [-0.05, 0) is 18.9 Å². The zero-order valence-corrected chi connectivity index (χ0v) is 13.4. The molecule has 1 saturated heterocycles. The van der Waals surface area contributed by atoms with Crippen LogP contribution in [0.4, 0.5) is 20.4 Å². The largest absolute Gasteiger partial charge is 0.355 e. The Labute approximate surface area is 138 Å². The van der Waals surface area contributed by atoms with Gasteiger partial charge >= 0.3 is 5.69 Å². The first-order valence-corrected chi connectivity index (χ1v) is 8.07. The van der Waals surface area contributed by atoms with Crippen LogP contribution in [0.15, 0.2) is 29.1 Å². The molecule has 0 spiro atoms. The molecule has 0 aliphatic carbocycles. The van der Waals surface area contributed by atoms with Gasteiger partial charge in [0.1, 0.15) is 11.6 Å². The van der Waals surface area contributed by atoms with Crippen LogP contribution in [0.3, 0.4) is 0 Å². The summed E-state index contributed by atoms with van der Waals surface area (Å²) in [6.07, 6.45) is 2.21. The first-order valence-electron chi connectivity index (χ1n) is 8.07. The Hall–Kier alpha value is -2.44. The van der Waals surface area contributed by atoms with Gasteiger partial charge in [-0.25, -0.2) is 13.6 Å². The number of rotatable bonds is 3. The second-order valence-corrected chi connectivity index (χ2v) is 6.42. The van der Waals surface area contributed by atoms with E-state index in [-0.39, 0.29) is 17.8 Å². The molecule has 2 aromatic rings. The van der Waals surface area contributed by atoms with Crippen LogP contribution in [0.25, 0.3) is 0 Å². The first-order chi connectivity index (χ1) is 11.5. The minimum atomic E-state index is -0.872. The summed E-state index contributed by atoms with van der Waals surface area (Å²) in [5, 5.41) is 0. The lowest BCUT2D eigenvalue weighted by Crippen LogP contribution is -2.27. The van der Waals surface area contributed by atoms with Gasteiger partial charge in [0.25, 0.3) is 0 Å². The number of nitrogens with zero attached hydrogens (tertiary/aromatic N) is 4. The molecule has 0 amide bonds. The number of benzene rings is 1. The summed E-state index contributed by atoms with van der Waals surface area (Å²) in [5.41, 5.74) is -0.0533. The van der Waals surface area contributed by atoms with Crippen LogP contribution in [0.2, 0.25) is 0 Å². The second kappa shape index (κ2) is 5.58. The first kappa shape index (κ1) is 15.1. The third-order valence-corrected chi connectivity index (χ3v) is 4.87. The van der Waals surface area contributed by atoms with Crippen molar-refractivity contribution in [2.24, 2.45) is 0 Å². The highest BCUT2D eigenvalue weighted by molar-refractivity contribution is 5.54. The minimum absolute atomic E-state index is 0.142. The number of hydrogen-bond donors (Lipinski definition) is 0. The van der Waals surface area contributed by atoms with Gasteiger partial charge in [0.05, 0.1) is 0 Å². The van der Waals surface area contributed by atoms with E-state index >= 15 is 0 Å². The average Bonchev–Trinajstić information content (AvgIpc) is 3.13. The molecule has 7 heteroatoms. The van der Waals surface area contributed by atoms with Gasteiger partial charge in [0.15, 0.2) is 11.6 Å². The molecule has 1 aromatic heterocycles. The van der Waals surface area contributed by atoms with Gasteiger partial charge in [0, 0.05) is 44.4 Å². The molecule has 2 aliphatic rings. The number of fused-ring (bicyclic) bond motifs is 3. The molecule has 1 fully saturated rings. The van der Waals surface area contributed by atoms with E-state index in [4.69, 9.17) is 0 Å². The summed E-state index contributed by atoms with van der Waals surface area (Å²) in [6, 6.07) is 6.34. The maximum atomic E-state index is 13.9. The van der Waals surface area contributed by atoms with E-state index in [9.17, 15) is 13.6 Å². The molecule has 5 nitrogen and oxygen atoms in total. The van der Waals surface area contributed by atoms with Crippen molar-refractivity contribution in [1.82, 2.24) is 9.55 Å². The standard InChI is InChI=1S/C17H18F2N4O/c1-21(9-11-4-2-6-13(18)16(11)19)14-8-15-22-7-3-5-12(22)10-23(15)17(24)20-14/h2,4,6,8,12H,3,5,7,9-10H2,1H3/t12-/m0/s1. The third-order valence-electron chi connectivity index (χ3n) is 4.87. The van der Waals surface area contributed by atoms with Crippen LogP contribution in [0, 0.1) is 11.6 Å². The van der Waals surface area contributed by atoms with Crippen molar-refractivity contribution in [3.63, 3.8) is 0 Å². The van der Waals surface area contributed by atoms with Crippen LogP contribution in [0.1, 0.15) is 18.4 Å². The lowest BCUT2D eigenvalue weighted by Gasteiger charge is -2.21. The van der Waals surface area contributed by atoms with E-state index in [1.54, 1.807) is 16.5 Å². The van der Waals surface area contributed by atoms with Crippen molar-refractivity contribution in [2.75, 3.05) is 23.4 Å². The highest BCUT2D eigenvalue weighted by Gasteiger charge is 2.34. The summed E-state index contributed by atoms with van der Waals surface area (Å²) in [4.78, 5) is 20.3. The Kier molecular flexibility index (Phi) is 3.51. The smallest absolute Gasteiger partial charge is 0.351 e. The average molecular weight is 332 g/mol. The highest BCUT2D eigenvalue weighted by atomic mass is 19.2. The van der Waals surface area contributed by atoms with Gasteiger partial charge in [-0.15, -0.1) is 0 Å². The predicted octanol–water partition coefficient (Wildman–Crippen LogP) is 2.14. The fraction of sp³-hybridized carbons (Fsp3) is 0.412.